The lowest BCUT2D eigenvalue weighted by atomic mass is 9.65. The highest BCUT2D eigenvalue weighted by Gasteiger charge is 2.39. The number of carbonyl (C=O) groups excluding carboxylic acids is 1. The quantitative estimate of drug-likeness (QED) is 0.762. The van der Waals surface area contributed by atoms with E-state index in [0.29, 0.717) is 11.7 Å². The molecule has 0 heterocycles. The first-order valence-corrected chi connectivity index (χ1v) is 7.08. The van der Waals surface area contributed by atoms with Gasteiger partial charge in [-0.1, -0.05) is 44.5 Å². The van der Waals surface area contributed by atoms with Crippen LogP contribution in [0, 0.1) is 11.8 Å². The lowest BCUT2D eigenvalue weighted by molar-refractivity contribution is -0.128. The molecule has 0 saturated heterocycles. The second-order valence-electron chi connectivity index (χ2n) is 6.14. The zero-order valence-electron chi connectivity index (χ0n) is 11.4. The molecule has 1 aromatic rings. The molecule has 18 heavy (non-hydrogen) atoms. The Kier molecular flexibility index (Phi) is 3.82. The molecule has 0 amide bonds. The minimum atomic E-state index is -0.123. The summed E-state index contributed by atoms with van der Waals surface area (Å²) < 4.78 is 0. The van der Waals surface area contributed by atoms with Crippen molar-refractivity contribution in [2.45, 2.75) is 45.4 Å². The van der Waals surface area contributed by atoms with Crippen LogP contribution in [0.15, 0.2) is 24.3 Å². The van der Waals surface area contributed by atoms with E-state index in [1.807, 2.05) is 18.2 Å². The lowest BCUT2D eigenvalue weighted by Crippen LogP contribution is -2.38. The molecule has 98 valence electrons. The zero-order chi connectivity index (χ0) is 13.3. The van der Waals surface area contributed by atoms with Gasteiger partial charge >= 0.3 is 0 Å². The maximum absolute atomic E-state index is 12.3. The first kappa shape index (κ1) is 13.6. The summed E-state index contributed by atoms with van der Waals surface area (Å²) >= 11 is 6.06. The molecule has 2 rings (SSSR count). The van der Waals surface area contributed by atoms with Gasteiger partial charge in [0.1, 0.15) is 5.78 Å². The number of hydrogen-bond acceptors (Lipinski definition) is 1. The van der Waals surface area contributed by atoms with E-state index in [0.717, 1.165) is 24.3 Å². The van der Waals surface area contributed by atoms with Gasteiger partial charge in [-0.25, -0.2) is 0 Å². The zero-order valence-corrected chi connectivity index (χ0v) is 12.1. The van der Waals surface area contributed by atoms with Crippen LogP contribution in [0.1, 0.15) is 45.6 Å². The predicted octanol–water partition coefficient (Wildman–Crippen LogP) is 4.62. The van der Waals surface area contributed by atoms with Crippen LogP contribution in [0.25, 0.3) is 0 Å². The van der Waals surface area contributed by atoms with Crippen LogP contribution >= 0.6 is 11.6 Å². The molecule has 0 N–H and O–H groups in total. The molecule has 1 aromatic carbocycles. The second-order valence-corrected chi connectivity index (χ2v) is 6.57. The van der Waals surface area contributed by atoms with Crippen LogP contribution in [0.5, 0.6) is 0 Å². The first-order chi connectivity index (χ1) is 8.41. The fraction of sp³-hybridized carbons (Fsp3) is 0.562. The number of Topliss-reactive ketones (excluding diaryl/α,β-unsaturated/α-hetero) is 1. The third kappa shape index (κ3) is 2.61. The monoisotopic (exact) mass is 264 g/mol. The summed E-state index contributed by atoms with van der Waals surface area (Å²) in [5.41, 5.74) is 1.05. The van der Waals surface area contributed by atoms with Crippen molar-refractivity contribution in [2.75, 3.05) is 0 Å². The van der Waals surface area contributed by atoms with Gasteiger partial charge in [-0.05, 0) is 41.9 Å². The highest BCUT2D eigenvalue weighted by atomic mass is 35.5. The van der Waals surface area contributed by atoms with Crippen molar-refractivity contribution in [2.24, 2.45) is 11.8 Å². The normalized spacial score (nSPS) is 25.2. The molecule has 0 radical (unpaired) electrons. The molecular formula is C16H21ClO. The lowest BCUT2D eigenvalue weighted by Gasteiger charge is -2.38. The first-order valence-electron chi connectivity index (χ1n) is 6.70. The number of halogens is 1. The average molecular weight is 265 g/mol. The van der Waals surface area contributed by atoms with Gasteiger partial charge in [-0.2, -0.15) is 0 Å². The van der Waals surface area contributed by atoms with E-state index in [9.17, 15) is 4.79 Å². The molecule has 0 aromatic heterocycles. The van der Waals surface area contributed by atoms with E-state index >= 15 is 0 Å². The van der Waals surface area contributed by atoms with E-state index < -0.39 is 0 Å². The van der Waals surface area contributed by atoms with Crippen LogP contribution < -0.4 is 0 Å². The molecule has 1 aliphatic carbocycles. The highest BCUT2D eigenvalue weighted by molar-refractivity contribution is 6.30. The topological polar surface area (TPSA) is 17.1 Å². The summed E-state index contributed by atoms with van der Waals surface area (Å²) in [5, 5.41) is 0.747. The molecule has 0 aliphatic heterocycles. The van der Waals surface area contributed by atoms with E-state index in [4.69, 9.17) is 11.6 Å². The van der Waals surface area contributed by atoms with Gasteiger partial charge in [0.15, 0.2) is 0 Å². The summed E-state index contributed by atoms with van der Waals surface area (Å²) in [7, 11) is 0. The molecule has 1 fully saturated rings. The maximum atomic E-state index is 12.3. The predicted molar refractivity (Wildman–Crippen MR) is 76.0 cm³/mol. The Morgan fingerprint density at radius 3 is 2.61 bits per heavy atom. The van der Waals surface area contributed by atoms with Gasteiger partial charge < -0.3 is 0 Å². The smallest absolute Gasteiger partial charge is 0.137 e. The van der Waals surface area contributed by atoms with Gasteiger partial charge in [0, 0.05) is 17.4 Å². The molecule has 1 nitrogen and oxygen atoms in total. The molecule has 1 aliphatic rings. The minimum absolute atomic E-state index is 0.123. The summed E-state index contributed by atoms with van der Waals surface area (Å²) in [5.74, 6) is 1.09. The third-order valence-corrected chi connectivity index (χ3v) is 4.56. The fourth-order valence-corrected chi connectivity index (χ4v) is 3.24. The minimum Gasteiger partial charge on any atom is -0.299 e. The Labute approximate surface area is 115 Å². The van der Waals surface area contributed by atoms with Crippen molar-refractivity contribution < 1.29 is 4.79 Å². The maximum Gasteiger partial charge on any atom is 0.137 e. The Morgan fingerprint density at radius 1 is 1.28 bits per heavy atom. The second kappa shape index (κ2) is 5.05. The standard InChI is InChI=1S/C16H21ClO/c1-11-7-8-14(15(18)9-11)16(2,3)12-5-4-6-13(17)10-12/h4-6,10-11,14H,7-9H2,1-3H3. The van der Waals surface area contributed by atoms with Gasteiger partial charge in [0.05, 0.1) is 0 Å². The van der Waals surface area contributed by atoms with Gasteiger partial charge in [-0.3, -0.25) is 4.79 Å². The Bertz CT molecular complexity index is 450. The third-order valence-electron chi connectivity index (χ3n) is 4.33. The van der Waals surface area contributed by atoms with Gasteiger partial charge in [-0.15, -0.1) is 0 Å². The van der Waals surface area contributed by atoms with Crippen molar-refractivity contribution in [3.05, 3.63) is 34.9 Å². The number of carbonyl (C=O) groups is 1. The van der Waals surface area contributed by atoms with Crippen molar-refractivity contribution in [3.63, 3.8) is 0 Å². The Morgan fingerprint density at radius 2 is 2.00 bits per heavy atom. The van der Waals surface area contributed by atoms with Crippen LogP contribution in [0.2, 0.25) is 5.02 Å². The summed E-state index contributed by atoms with van der Waals surface area (Å²) in [6.07, 6.45) is 2.88. The molecule has 0 bridgehead atoms. The molecule has 2 unspecified atom stereocenters. The highest BCUT2D eigenvalue weighted by Crippen LogP contribution is 2.40. The van der Waals surface area contributed by atoms with Crippen molar-refractivity contribution in [3.8, 4) is 0 Å². The number of hydrogen-bond donors (Lipinski definition) is 0. The molecule has 2 atom stereocenters. The van der Waals surface area contributed by atoms with E-state index in [2.05, 4.69) is 26.8 Å². The number of rotatable bonds is 2. The largest absolute Gasteiger partial charge is 0.299 e. The van der Waals surface area contributed by atoms with E-state index in [1.165, 1.54) is 5.56 Å². The van der Waals surface area contributed by atoms with Crippen LogP contribution in [0.3, 0.4) is 0 Å². The van der Waals surface area contributed by atoms with Gasteiger partial charge in [0.25, 0.3) is 0 Å². The molecular weight excluding hydrogens is 244 g/mol. The summed E-state index contributed by atoms with van der Waals surface area (Å²) in [4.78, 5) is 12.3. The number of benzene rings is 1. The average Bonchev–Trinajstić information content (AvgIpc) is 2.28. The van der Waals surface area contributed by atoms with Crippen LogP contribution in [-0.2, 0) is 10.2 Å². The fourth-order valence-electron chi connectivity index (χ4n) is 3.05. The Balaban J connectivity index is 2.28. The van der Waals surface area contributed by atoms with Crippen molar-refractivity contribution in [1.82, 2.24) is 0 Å². The summed E-state index contributed by atoms with van der Waals surface area (Å²) in [6.45, 7) is 6.49. The van der Waals surface area contributed by atoms with Gasteiger partial charge in [0.2, 0.25) is 0 Å². The van der Waals surface area contributed by atoms with Crippen molar-refractivity contribution in [1.29, 1.82) is 0 Å². The van der Waals surface area contributed by atoms with E-state index in [-0.39, 0.29) is 11.3 Å². The van der Waals surface area contributed by atoms with E-state index in [1.54, 1.807) is 0 Å². The van der Waals surface area contributed by atoms with Crippen LogP contribution in [-0.4, -0.2) is 5.78 Å². The van der Waals surface area contributed by atoms with Crippen LogP contribution in [0.4, 0.5) is 0 Å². The SMILES string of the molecule is CC1CCC(C(C)(C)c2cccc(Cl)c2)C(=O)C1. The molecule has 1 saturated carbocycles. The molecule has 2 heteroatoms. The summed E-state index contributed by atoms with van der Waals surface area (Å²) in [6, 6.07) is 7.92. The van der Waals surface area contributed by atoms with Crippen molar-refractivity contribution >= 4 is 17.4 Å². The molecule has 0 spiro atoms. The number of ketones is 1. The Hall–Kier alpha value is -0.820.